The summed E-state index contributed by atoms with van der Waals surface area (Å²) in [5.41, 5.74) is 2.93. The van der Waals surface area contributed by atoms with Gasteiger partial charge in [0.05, 0.1) is 6.04 Å². The molecular formula is C20H23ClN2O. The van der Waals surface area contributed by atoms with E-state index < -0.39 is 0 Å². The summed E-state index contributed by atoms with van der Waals surface area (Å²) < 4.78 is 0. The third kappa shape index (κ3) is 3.97. The molecule has 2 aromatic rings. The van der Waals surface area contributed by atoms with Crippen LogP contribution >= 0.6 is 11.6 Å². The molecule has 0 aliphatic carbocycles. The Kier molecular flexibility index (Phi) is 5.54. The average molecular weight is 343 g/mol. The largest absolute Gasteiger partial charge is 0.350 e. The predicted octanol–water partition coefficient (Wildman–Crippen LogP) is 4.22. The fourth-order valence-electron chi connectivity index (χ4n) is 3.23. The molecule has 0 unspecified atom stereocenters. The number of carbonyl (C=O) groups is 1. The fourth-order valence-corrected chi connectivity index (χ4v) is 3.49. The summed E-state index contributed by atoms with van der Waals surface area (Å²) in [4.78, 5) is 14.8. The quantitative estimate of drug-likeness (QED) is 0.882. The van der Waals surface area contributed by atoms with E-state index in [1.807, 2.05) is 49.4 Å². The van der Waals surface area contributed by atoms with Crippen LogP contribution in [0, 0.1) is 6.92 Å². The maximum absolute atomic E-state index is 12.4. The van der Waals surface area contributed by atoms with Crippen molar-refractivity contribution in [2.45, 2.75) is 25.8 Å². The first-order valence-electron chi connectivity index (χ1n) is 8.48. The second-order valence-electron chi connectivity index (χ2n) is 6.36. The Morgan fingerprint density at radius 2 is 1.79 bits per heavy atom. The molecule has 0 radical (unpaired) electrons. The number of carbonyl (C=O) groups excluding carboxylic acids is 1. The number of rotatable bonds is 5. The van der Waals surface area contributed by atoms with Crippen molar-refractivity contribution < 1.29 is 4.79 Å². The third-order valence-electron chi connectivity index (χ3n) is 4.62. The highest BCUT2D eigenvalue weighted by molar-refractivity contribution is 6.31. The Hall–Kier alpha value is -1.84. The van der Waals surface area contributed by atoms with Gasteiger partial charge in [-0.3, -0.25) is 9.69 Å². The number of aryl methyl sites for hydroxylation is 1. The fraction of sp³-hybridized carbons (Fsp3) is 0.350. The number of hydrogen-bond acceptors (Lipinski definition) is 2. The molecule has 0 bridgehead atoms. The van der Waals surface area contributed by atoms with Crippen LogP contribution < -0.4 is 5.32 Å². The minimum Gasteiger partial charge on any atom is -0.350 e. The molecule has 1 atom stereocenters. The maximum Gasteiger partial charge on any atom is 0.251 e. The van der Waals surface area contributed by atoms with E-state index in [0.29, 0.717) is 12.1 Å². The zero-order chi connectivity index (χ0) is 16.9. The van der Waals surface area contributed by atoms with Gasteiger partial charge >= 0.3 is 0 Å². The summed E-state index contributed by atoms with van der Waals surface area (Å²) in [6.45, 7) is 4.69. The number of likely N-dealkylation sites (tertiary alicyclic amines) is 1. The van der Waals surface area contributed by atoms with Gasteiger partial charge < -0.3 is 5.32 Å². The lowest BCUT2D eigenvalue weighted by atomic mass is 10.0. The van der Waals surface area contributed by atoms with Crippen LogP contribution in [0.5, 0.6) is 0 Å². The summed E-state index contributed by atoms with van der Waals surface area (Å²) in [5.74, 6) is -0.0359. The molecule has 1 heterocycles. The minimum absolute atomic E-state index is 0.0359. The first-order valence-corrected chi connectivity index (χ1v) is 8.86. The Labute approximate surface area is 148 Å². The van der Waals surface area contributed by atoms with E-state index in [1.165, 1.54) is 12.8 Å². The summed E-state index contributed by atoms with van der Waals surface area (Å²) in [6, 6.07) is 15.7. The van der Waals surface area contributed by atoms with Gasteiger partial charge in [0.1, 0.15) is 0 Å². The highest BCUT2D eigenvalue weighted by Crippen LogP contribution is 2.29. The number of nitrogens with one attached hydrogen (secondary N) is 1. The highest BCUT2D eigenvalue weighted by atomic mass is 35.5. The van der Waals surface area contributed by atoms with Gasteiger partial charge in [0.25, 0.3) is 5.91 Å². The van der Waals surface area contributed by atoms with Crippen LogP contribution in [0.1, 0.15) is 40.4 Å². The molecule has 1 fully saturated rings. The van der Waals surface area contributed by atoms with Gasteiger partial charge in [0.2, 0.25) is 0 Å². The molecule has 24 heavy (non-hydrogen) atoms. The molecule has 1 N–H and O–H groups in total. The molecule has 3 nitrogen and oxygen atoms in total. The predicted molar refractivity (Wildman–Crippen MR) is 98.5 cm³/mol. The standard InChI is InChI=1S/C20H23ClN2O/c1-15-8-10-16(11-9-15)20(24)22-14-19(23-12-4-5-13-23)17-6-2-3-7-18(17)21/h2-3,6-11,19H,4-5,12-14H2,1H3,(H,22,24)/t19-/m1/s1. The van der Waals surface area contributed by atoms with Crippen LogP contribution in [-0.4, -0.2) is 30.4 Å². The molecule has 4 heteroatoms. The van der Waals surface area contributed by atoms with Crippen molar-refractivity contribution in [1.29, 1.82) is 0 Å². The Morgan fingerprint density at radius 3 is 2.46 bits per heavy atom. The van der Waals surface area contributed by atoms with Crippen molar-refractivity contribution >= 4 is 17.5 Å². The molecule has 1 saturated heterocycles. The van der Waals surface area contributed by atoms with Gasteiger partial charge in [-0.05, 0) is 56.6 Å². The van der Waals surface area contributed by atoms with E-state index in [0.717, 1.165) is 29.2 Å². The van der Waals surface area contributed by atoms with E-state index in [-0.39, 0.29) is 11.9 Å². The molecule has 1 aliphatic rings. The normalized spacial score (nSPS) is 16.1. The van der Waals surface area contributed by atoms with Gasteiger partial charge in [-0.2, -0.15) is 0 Å². The van der Waals surface area contributed by atoms with Crippen molar-refractivity contribution in [3.05, 3.63) is 70.2 Å². The average Bonchev–Trinajstić information content (AvgIpc) is 3.11. The lowest BCUT2D eigenvalue weighted by molar-refractivity contribution is 0.0938. The number of benzene rings is 2. The van der Waals surface area contributed by atoms with Gasteiger partial charge in [0, 0.05) is 17.1 Å². The van der Waals surface area contributed by atoms with Gasteiger partial charge in [-0.25, -0.2) is 0 Å². The summed E-state index contributed by atoms with van der Waals surface area (Å²) >= 11 is 6.41. The highest BCUT2D eigenvalue weighted by Gasteiger charge is 2.25. The van der Waals surface area contributed by atoms with Crippen LogP contribution in [0.2, 0.25) is 5.02 Å². The topological polar surface area (TPSA) is 32.3 Å². The maximum atomic E-state index is 12.4. The SMILES string of the molecule is Cc1ccc(C(=O)NC[C@H](c2ccccc2Cl)N2CCCC2)cc1. The molecule has 126 valence electrons. The lowest BCUT2D eigenvalue weighted by Gasteiger charge is -2.29. The number of nitrogens with zero attached hydrogens (tertiary/aromatic N) is 1. The zero-order valence-corrected chi connectivity index (χ0v) is 14.7. The Bertz CT molecular complexity index is 693. The van der Waals surface area contributed by atoms with Gasteiger partial charge in [0.15, 0.2) is 0 Å². The Morgan fingerprint density at radius 1 is 1.12 bits per heavy atom. The molecule has 0 aromatic heterocycles. The zero-order valence-electron chi connectivity index (χ0n) is 14.0. The van der Waals surface area contributed by atoms with Crippen molar-refractivity contribution in [2.24, 2.45) is 0 Å². The van der Waals surface area contributed by atoms with Crippen molar-refractivity contribution in [2.75, 3.05) is 19.6 Å². The van der Waals surface area contributed by atoms with Gasteiger partial charge in [-0.1, -0.05) is 47.5 Å². The van der Waals surface area contributed by atoms with E-state index in [1.54, 1.807) is 0 Å². The smallest absolute Gasteiger partial charge is 0.251 e. The van der Waals surface area contributed by atoms with E-state index in [9.17, 15) is 4.79 Å². The van der Waals surface area contributed by atoms with Crippen LogP contribution in [0.4, 0.5) is 0 Å². The van der Waals surface area contributed by atoms with E-state index >= 15 is 0 Å². The van der Waals surface area contributed by atoms with Crippen molar-refractivity contribution in [1.82, 2.24) is 10.2 Å². The number of halogens is 1. The van der Waals surface area contributed by atoms with E-state index in [4.69, 9.17) is 11.6 Å². The second kappa shape index (κ2) is 7.82. The van der Waals surface area contributed by atoms with Crippen LogP contribution in [0.3, 0.4) is 0 Å². The molecule has 1 amide bonds. The molecule has 0 saturated carbocycles. The molecule has 3 rings (SSSR count). The molecule has 1 aliphatic heterocycles. The number of amides is 1. The second-order valence-corrected chi connectivity index (χ2v) is 6.76. The molecule has 0 spiro atoms. The summed E-state index contributed by atoms with van der Waals surface area (Å²) in [5, 5.41) is 3.84. The number of hydrogen-bond donors (Lipinski definition) is 1. The summed E-state index contributed by atoms with van der Waals surface area (Å²) in [7, 11) is 0. The van der Waals surface area contributed by atoms with Crippen molar-refractivity contribution in [3.8, 4) is 0 Å². The Balaban J connectivity index is 1.73. The van der Waals surface area contributed by atoms with Crippen LogP contribution in [0.25, 0.3) is 0 Å². The van der Waals surface area contributed by atoms with Crippen LogP contribution in [0.15, 0.2) is 48.5 Å². The first kappa shape index (κ1) is 17.0. The monoisotopic (exact) mass is 342 g/mol. The van der Waals surface area contributed by atoms with Crippen molar-refractivity contribution in [3.63, 3.8) is 0 Å². The lowest BCUT2D eigenvalue weighted by Crippen LogP contribution is -2.37. The minimum atomic E-state index is -0.0359. The first-order chi connectivity index (χ1) is 11.6. The van der Waals surface area contributed by atoms with Crippen LogP contribution in [-0.2, 0) is 0 Å². The van der Waals surface area contributed by atoms with Gasteiger partial charge in [-0.15, -0.1) is 0 Å². The molecular weight excluding hydrogens is 320 g/mol. The summed E-state index contributed by atoms with van der Waals surface area (Å²) in [6.07, 6.45) is 2.40. The third-order valence-corrected chi connectivity index (χ3v) is 4.96. The van der Waals surface area contributed by atoms with E-state index in [2.05, 4.69) is 16.3 Å². The molecule has 2 aromatic carbocycles.